The second-order valence-electron chi connectivity index (χ2n) is 7.34. The maximum Gasteiger partial charge on any atom is 0.336 e. The van der Waals surface area contributed by atoms with Crippen molar-refractivity contribution in [3.63, 3.8) is 0 Å². The van der Waals surface area contributed by atoms with E-state index in [9.17, 15) is 4.79 Å². The first-order valence-corrected chi connectivity index (χ1v) is 11.3. The number of para-hydroxylation sites is 1. The highest BCUT2D eigenvalue weighted by Gasteiger charge is 2.19. The summed E-state index contributed by atoms with van der Waals surface area (Å²) in [6, 6.07) is 16.9. The Morgan fingerprint density at radius 1 is 1.06 bits per heavy atom. The van der Waals surface area contributed by atoms with E-state index >= 15 is 0 Å². The van der Waals surface area contributed by atoms with Crippen LogP contribution in [0.2, 0.25) is 5.02 Å². The molecule has 0 atom stereocenters. The molecule has 0 aliphatic rings. The Hall–Kier alpha value is -3.29. The van der Waals surface area contributed by atoms with Crippen LogP contribution in [0.5, 0.6) is 0 Å². The summed E-state index contributed by atoms with van der Waals surface area (Å²) in [5.74, 6) is 1.96. The van der Waals surface area contributed by atoms with E-state index in [1.165, 1.54) is 17.8 Å². The van der Waals surface area contributed by atoms with Crippen molar-refractivity contribution in [1.82, 2.24) is 14.8 Å². The van der Waals surface area contributed by atoms with Crippen LogP contribution < -0.4 is 5.63 Å². The number of furan rings is 1. The molecule has 0 fully saturated rings. The first-order valence-electron chi connectivity index (χ1n) is 9.92. The fourth-order valence-electron chi connectivity index (χ4n) is 3.57. The molecule has 32 heavy (non-hydrogen) atoms. The zero-order valence-electron chi connectivity index (χ0n) is 17.3. The summed E-state index contributed by atoms with van der Waals surface area (Å²) in [6.07, 6.45) is 1.64. The molecule has 3 aromatic heterocycles. The highest BCUT2D eigenvalue weighted by atomic mass is 35.5. The maximum absolute atomic E-state index is 12.1. The molecule has 0 spiro atoms. The lowest BCUT2D eigenvalue weighted by atomic mass is 10.1. The van der Waals surface area contributed by atoms with Crippen LogP contribution in [0.15, 0.2) is 79.6 Å². The van der Waals surface area contributed by atoms with Crippen LogP contribution in [0.3, 0.4) is 0 Å². The van der Waals surface area contributed by atoms with E-state index in [4.69, 9.17) is 20.4 Å². The Kier molecular flexibility index (Phi) is 5.36. The number of rotatable bonds is 5. The second-order valence-corrected chi connectivity index (χ2v) is 8.69. The quantitative estimate of drug-likeness (QED) is 0.228. The Labute approximate surface area is 192 Å². The highest BCUT2D eigenvalue weighted by Crippen LogP contribution is 2.33. The number of hydrogen-bond acceptors (Lipinski definition) is 6. The van der Waals surface area contributed by atoms with Crippen LogP contribution in [0, 0.1) is 13.8 Å². The molecule has 0 unspecified atom stereocenters. The molecule has 0 saturated carbocycles. The van der Waals surface area contributed by atoms with E-state index in [2.05, 4.69) is 10.2 Å². The van der Waals surface area contributed by atoms with Gasteiger partial charge in [-0.1, -0.05) is 41.6 Å². The minimum atomic E-state index is -0.394. The molecule has 2 aromatic carbocycles. The number of aromatic nitrogens is 3. The normalized spacial score (nSPS) is 11.3. The Morgan fingerprint density at radius 3 is 2.62 bits per heavy atom. The van der Waals surface area contributed by atoms with Gasteiger partial charge in [0, 0.05) is 27.9 Å². The third-order valence-electron chi connectivity index (χ3n) is 5.21. The van der Waals surface area contributed by atoms with E-state index < -0.39 is 5.63 Å². The minimum absolute atomic E-state index is 0.394. The number of aryl methyl sites for hydroxylation is 2. The van der Waals surface area contributed by atoms with Gasteiger partial charge in [0.2, 0.25) is 0 Å². The van der Waals surface area contributed by atoms with Crippen LogP contribution >= 0.6 is 23.4 Å². The number of nitrogens with zero attached hydrogens (tertiary/aromatic N) is 3. The average molecular weight is 464 g/mol. The van der Waals surface area contributed by atoms with Crippen LogP contribution in [-0.2, 0) is 5.75 Å². The molecule has 6 nitrogen and oxygen atoms in total. The number of thioether (sulfide) groups is 1. The van der Waals surface area contributed by atoms with Crippen molar-refractivity contribution < 1.29 is 8.83 Å². The third-order valence-corrected chi connectivity index (χ3v) is 6.60. The van der Waals surface area contributed by atoms with Crippen molar-refractivity contribution in [1.29, 1.82) is 0 Å². The number of halogens is 1. The van der Waals surface area contributed by atoms with Gasteiger partial charge in [0.1, 0.15) is 11.3 Å². The summed E-state index contributed by atoms with van der Waals surface area (Å²) in [5, 5.41) is 11.0. The lowest BCUT2D eigenvalue weighted by molar-refractivity contribution is 0.535. The molecule has 0 radical (unpaired) electrons. The van der Waals surface area contributed by atoms with Gasteiger partial charge in [-0.05, 0) is 55.3 Å². The van der Waals surface area contributed by atoms with E-state index in [0.717, 1.165) is 33.5 Å². The molecule has 0 amide bonds. The average Bonchev–Trinajstić information content (AvgIpc) is 3.39. The molecule has 5 rings (SSSR count). The minimum Gasteiger partial charge on any atom is -0.469 e. The molecule has 0 saturated heterocycles. The fourth-order valence-corrected chi connectivity index (χ4v) is 4.68. The van der Waals surface area contributed by atoms with E-state index in [-0.39, 0.29) is 0 Å². The zero-order chi connectivity index (χ0) is 22.2. The predicted octanol–water partition coefficient (Wildman–Crippen LogP) is 6.20. The smallest absolute Gasteiger partial charge is 0.336 e. The lowest BCUT2D eigenvalue weighted by Crippen LogP contribution is -2.02. The van der Waals surface area contributed by atoms with Crippen molar-refractivity contribution in [2.75, 3.05) is 0 Å². The largest absolute Gasteiger partial charge is 0.469 e. The van der Waals surface area contributed by atoms with Gasteiger partial charge in [0.05, 0.1) is 11.8 Å². The van der Waals surface area contributed by atoms with Gasteiger partial charge in [-0.15, -0.1) is 10.2 Å². The number of hydrogen-bond donors (Lipinski definition) is 0. The van der Waals surface area contributed by atoms with Gasteiger partial charge in [0.15, 0.2) is 11.0 Å². The first-order chi connectivity index (χ1) is 15.5. The first kappa shape index (κ1) is 20.6. The van der Waals surface area contributed by atoms with Crippen molar-refractivity contribution in [3.8, 4) is 17.1 Å². The van der Waals surface area contributed by atoms with E-state index in [1.54, 1.807) is 12.3 Å². The zero-order valence-corrected chi connectivity index (χ0v) is 18.9. The molecule has 8 heteroatoms. The van der Waals surface area contributed by atoms with E-state index in [0.29, 0.717) is 27.3 Å². The number of fused-ring (bicyclic) bond motifs is 1. The third kappa shape index (κ3) is 3.74. The molecular weight excluding hydrogens is 446 g/mol. The summed E-state index contributed by atoms with van der Waals surface area (Å²) < 4.78 is 12.9. The standard InChI is InChI=1S/C24H18ClN3O3S/c1-14-10-21-19(12-20(14)25)16(11-22(29)31-21)13-32-24-27-26-23(18-8-9-30-15(18)2)28(24)17-6-4-3-5-7-17/h3-12H,13H2,1-2H3. The van der Waals surface area contributed by atoms with Crippen LogP contribution in [0.4, 0.5) is 0 Å². The number of benzene rings is 2. The van der Waals surface area contributed by atoms with Crippen LogP contribution in [-0.4, -0.2) is 14.8 Å². The molecule has 0 aliphatic heterocycles. The van der Waals surface area contributed by atoms with Crippen molar-refractivity contribution in [3.05, 3.63) is 93.2 Å². The van der Waals surface area contributed by atoms with Gasteiger partial charge in [0.25, 0.3) is 0 Å². The SMILES string of the molecule is Cc1cc2oc(=O)cc(CSc3nnc(-c4ccoc4C)n3-c3ccccc3)c2cc1Cl. The van der Waals surface area contributed by atoms with Gasteiger partial charge in [-0.3, -0.25) is 4.57 Å². The summed E-state index contributed by atoms with van der Waals surface area (Å²) >= 11 is 7.82. The van der Waals surface area contributed by atoms with Gasteiger partial charge in [-0.2, -0.15) is 0 Å². The van der Waals surface area contributed by atoms with Crippen molar-refractivity contribution in [2.45, 2.75) is 24.8 Å². The summed E-state index contributed by atoms with van der Waals surface area (Å²) in [5.41, 5.74) is 3.62. The van der Waals surface area contributed by atoms with Crippen LogP contribution in [0.25, 0.3) is 28.0 Å². The van der Waals surface area contributed by atoms with Gasteiger partial charge < -0.3 is 8.83 Å². The molecule has 0 aliphatic carbocycles. The van der Waals surface area contributed by atoms with Crippen LogP contribution in [0.1, 0.15) is 16.9 Å². The molecule has 160 valence electrons. The topological polar surface area (TPSA) is 74.1 Å². The Bertz CT molecular complexity index is 1490. The predicted molar refractivity (Wildman–Crippen MR) is 126 cm³/mol. The molecule has 3 heterocycles. The fraction of sp³-hybridized carbons (Fsp3) is 0.125. The lowest BCUT2D eigenvalue weighted by Gasteiger charge is -2.11. The molecule has 0 bridgehead atoms. The van der Waals surface area contributed by atoms with E-state index in [1.807, 2.05) is 60.9 Å². The Balaban J connectivity index is 1.58. The van der Waals surface area contributed by atoms with Gasteiger partial charge in [-0.25, -0.2) is 4.79 Å². The van der Waals surface area contributed by atoms with Crippen molar-refractivity contribution >= 4 is 34.3 Å². The Morgan fingerprint density at radius 2 is 1.88 bits per heavy atom. The summed E-state index contributed by atoms with van der Waals surface area (Å²) in [7, 11) is 0. The second kappa shape index (κ2) is 8.33. The molecule has 5 aromatic rings. The summed E-state index contributed by atoms with van der Waals surface area (Å²) in [6.45, 7) is 3.78. The molecule has 0 N–H and O–H groups in total. The highest BCUT2D eigenvalue weighted by molar-refractivity contribution is 7.98. The summed E-state index contributed by atoms with van der Waals surface area (Å²) in [4.78, 5) is 12.1. The molecular formula is C24H18ClN3O3S. The van der Waals surface area contributed by atoms with Crippen molar-refractivity contribution in [2.24, 2.45) is 0 Å². The maximum atomic E-state index is 12.1. The van der Waals surface area contributed by atoms with Gasteiger partial charge >= 0.3 is 5.63 Å². The monoisotopic (exact) mass is 463 g/mol.